The first-order valence-corrected chi connectivity index (χ1v) is 11.1. The fraction of sp³-hybridized carbons (Fsp3) is 0.0800. The molecule has 4 aromatic rings. The zero-order chi connectivity index (χ0) is 22.9. The van der Waals surface area contributed by atoms with Gasteiger partial charge in [-0.05, 0) is 48.9 Å². The molecule has 1 aromatic heterocycles. The zero-order valence-electron chi connectivity index (χ0n) is 17.6. The number of rotatable bonds is 4. The molecule has 0 spiro atoms. The molecule has 1 unspecified atom stereocenters. The first-order chi connectivity index (χ1) is 16.0. The Morgan fingerprint density at radius 2 is 1.67 bits per heavy atom. The molecule has 2 heterocycles. The van der Waals surface area contributed by atoms with Crippen molar-refractivity contribution in [2.45, 2.75) is 13.0 Å². The van der Waals surface area contributed by atoms with Crippen LogP contribution in [0.4, 0.5) is 11.6 Å². The van der Waals surface area contributed by atoms with Gasteiger partial charge in [0.15, 0.2) is 5.82 Å². The number of para-hydroxylation sites is 1. The van der Waals surface area contributed by atoms with E-state index in [4.69, 9.17) is 28.3 Å². The van der Waals surface area contributed by atoms with E-state index >= 15 is 0 Å². The number of hydrogen-bond donors (Lipinski definition) is 2. The highest BCUT2D eigenvalue weighted by atomic mass is 35.5. The first-order valence-electron chi connectivity index (χ1n) is 10.3. The van der Waals surface area contributed by atoms with Crippen molar-refractivity contribution in [3.05, 3.63) is 106 Å². The lowest BCUT2D eigenvalue weighted by atomic mass is 9.95. The predicted octanol–water partition coefficient (Wildman–Crippen LogP) is 6.18. The number of carbonyl (C=O) groups excluding carboxylic acids is 1. The summed E-state index contributed by atoms with van der Waals surface area (Å²) in [5.41, 5.74) is 3.50. The van der Waals surface area contributed by atoms with Gasteiger partial charge in [0.05, 0.1) is 10.6 Å². The van der Waals surface area contributed by atoms with Gasteiger partial charge in [0.1, 0.15) is 6.04 Å². The number of amides is 1. The van der Waals surface area contributed by atoms with E-state index in [2.05, 4.69) is 15.6 Å². The molecule has 0 aliphatic carbocycles. The van der Waals surface area contributed by atoms with Crippen LogP contribution in [0.5, 0.6) is 0 Å². The summed E-state index contributed by atoms with van der Waals surface area (Å²) in [5, 5.41) is 12.1. The summed E-state index contributed by atoms with van der Waals surface area (Å²) in [4.78, 5) is 18.1. The third kappa shape index (κ3) is 4.11. The average molecular weight is 476 g/mol. The highest BCUT2D eigenvalue weighted by molar-refractivity contribution is 6.33. The molecule has 1 aliphatic heterocycles. The number of nitrogens with zero attached hydrogens (tertiary/aromatic N) is 3. The molecule has 1 aliphatic rings. The minimum absolute atomic E-state index is 0.230. The number of anilines is 2. The van der Waals surface area contributed by atoms with Gasteiger partial charge in [0.2, 0.25) is 5.95 Å². The SMILES string of the molecule is CC1=C(C(=O)Nc2ccccc2)C(c2ccc(Cl)cc2)n2nc(-c3ccccc3Cl)nc2N1. The highest BCUT2D eigenvalue weighted by Gasteiger charge is 2.34. The van der Waals surface area contributed by atoms with Gasteiger partial charge in [0.25, 0.3) is 5.91 Å². The summed E-state index contributed by atoms with van der Waals surface area (Å²) in [6.45, 7) is 1.86. The molecule has 1 atom stereocenters. The molecule has 5 rings (SSSR count). The summed E-state index contributed by atoms with van der Waals surface area (Å²) < 4.78 is 1.72. The van der Waals surface area contributed by atoms with Crippen molar-refractivity contribution in [3.8, 4) is 11.4 Å². The van der Waals surface area contributed by atoms with Crippen LogP contribution in [0.3, 0.4) is 0 Å². The Morgan fingerprint density at radius 3 is 2.39 bits per heavy atom. The Bertz CT molecular complexity index is 1360. The van der Waals surface area contributed by atoms with Crippen LogP contribution in [0.2, 0.25) is 10.0 Å². The van der Waals surface area contributed by atoms with Crippen molar-refractivity contribution in [3.63, 3.8) is 0 Å². The Kier molecular flexibility index (Phi) is 5.62. The summed E-state index contributed by atoms with van der Waals surface area (Å²) >= 11 is 12.5. The van der Waals surface area contributed by atoms with Crippen molar-refractivity contribution < 1.29 is 4.79 Å². The largest absolute Gasteiger partial charge is 0.328 e. The van der Waals surface area contributed by atoms with E-state index in [0.29, 0.717) is 44.3 Å². The molecule has 6 nitrogen and oxygen atoms in total. The maximum absolute atomic E-state index is 13.5. The number of fused-ring (bicyclic) bond motifs is 1. The minimum Gasteiger partial charge on any atom is -0.328 e. The second-order valence-corrected chi connectivity index (χ2v) is 8.46. The van der Waals surface area contributed by atoms with Crippen LogP contribution in [0.1, 0.15) is 18.5 Å². The summed E-state index contributed by atoms with van der Waals surface area (Å²) in [6.07, 6.45) is 0. The van der Waals surface area contributed by atoms with Crippen LogP contribution in [0.25, 0.3) is 11.4 Å². The molecule has 2 N–H and O–H groups in total. The van der Waals surface area contributed by atoms with Gasteiger partial charge in [-0.15, -0.1) is 5.10 Å². The summed E-state index contributed by atoms with van der Waals surface area (Å²) in [5.74, 6) is 0.768. The predicted molar refractivity (Wildman–Crippen MR) is 131 cm³/mol. The topological polar surface area (TPSA) is 71.8 Å². The van der Waals surface area contributed by atoms with Crippen LogP contribution >= 0.6 is 23.2 Å². The van der Waals surface area contributed by atoms with Crippen LogP contribution in [0.15, 0.2) is 90.1 Å². The lowest BCUT2D eigenvalue weighted by Gasteiger charge is -2.28. The average Bonchev–Trinajstić information content (AvgIpc) is 3.23. The van der Waals surface area contributed by atoms with Crippen molar-refractivity contribution in [1.82, 2.24) is 14.8 Å². The Labute approximate surface area is 200 Å². The number of allylic oxidation sites excluding steroid dienone is 1. The van der Waals surface area contributed by atoms with Gasteiger partial charge in [-0.2, -0.15) is 4.98 Å². The van der Waals surface area contributed by atoms with Crippen LogP contribution in [-0.2, 0) is 4.79 Å². The minimum atomic E-state index is -0.508. The second kappa shape index (κ2) is 8.73. The zero-order valence-corrected chi connectivity index (χ0v) is 19.1. The van der Waals surface area contributed by atoms with Gasteiger partial charge in [-0.1, -0.05) is 65.7 Å². The van der Waals surface area contributed by atoms with Gasteiger partial charge in [-0.3, -0.25) is 4.79 Å². The number of hydrogen-bond acceptors (Lipinski definition) is 4. The molecule has 1 amide bonds. The van der Waals surface area contributed by atoms with Crippen molar-refractivity contribution in [1.29, 1.82) is 0 Å². The number of nitrogens with one attached hydrogen (secondary N) is 2. The first kappa shape index (κ1) is 21.2. The molecule has 0 radical (unpaired) electrons. The maximum Gasteiger partial charge on any atom is 0.255 e. The van der Waals surface area contributed by atoms with Gasteiger partial charge < -0.3 is 10.6 Å². The van der Waals surface area contributed by atoms with E-state index in [1.54, 1.807) is 22.9 Å². The van der Waals surface area contributed by atoms with E-state index in [1.165, 1.54) is 0 Å². The van der Waals surface area contributed by atoms with Crippen LogP contribution < -0.4 is 10.6 Å². The third-order valence-electron chi connectivity index (χ3n) is 5.43. The maximum atomic E-state index is 13.5. The molecule has 3 aromatic carbocycles. The Hall–Kier alpha value is -3.61. The highest BCUT2D eigenvalue weighted by Crippen LogP contribution is 2.38. The Balaban J connectivity index is 1.62. The summed E-state index contributed by atoms with van der Waals surface area (Å²) in [7, 11) is 0. The standard InChI is InChI=1S/C25H19Cl2N5O/c1-15-21(24(33)29-18-7-3-2-4-8-18)22(16-11-13-17(26)14-12-16)32-25(28-15)30-23(31-32)19-9-5-6-10-20(19)27/h2-14,22H,1H3,(H,29,33)(H,28,30,31). The molecule has 33 heavy (non-hydrogen) atoms. The molecule has 0 saturated heterocycles. The van der Waals surface area contributed by atoms with E-state index < -0.39 is 6.04 Å². The van der Waals surface area contributed by atoms with E-state index in [1.807, 2.05) is 67.6 Å². The van der Waals surface area contributed by atoms with Crippen molar-refractivity contribution >= 4 is 40.7 Å². The van der Waals surface area contributed by atoms with E-state index in [-0.39, 0.29) is 5.91 Å². The molecular weight excluding hydrogens is 457 g/mol. The molecule has 164 valence electrons. The third-order valence-corrected chi connectivity index (χ3v) is 6.01. The van der Waals surface area contributed by atoms with E-state index in [0.717, 1.165) is 5.56 Å². The van der Waals surface area contributed by atoms with Gasteiger partial charge >= 0.3 is 0 Å². The normalized spacial score (nSPS) is 15.1. The number of aromatic nitrogens is 3. The lowest BCUT2D eigenvalue weighted by Crippen LogP contribution is -2.31. The van der Waals surface area contributed by atoms with Crippen molar-refractivity contribution in [2.24, 2.45) is 0 Å². The summed E-state index contributed by atoms with van der Waals surface area (Å²) in [6, 6.07) is 23.6. The molecular formula is C25H19Cl2N5O. The second-order valence-electron chi connectivity index (χ2n) is 7.62. The quantitative estimate of drug-likeness (QED) is 0.369. The van der Waals surface area contributed by atoms with Crippen molar-refractivity contribution in [2.75, 3.05) is 10.6 Å². The van der Waals surface area contributed by atoms with Gasteiger partial charge in [-0.25, -0.2) is 4.68 Å². The molecule has 0 bridgehead atoms. The number of benzene rings is 3. The van der Waals surface area contributed by atoms with Crippen LogP contribution in [-0.4, -0.2) is 20.7 Å². The number of halogens is 2. The van der Waals surface area contributed by atoms with Gasteiger partial charge in [0, 0.05) is 22.0 Å². The molecule has 8 heteroatoms. The molecule has 0 fully saturated rings. The fourth-order valence-corrected chi connectivity index (χ4v) is 4.22. The lowest BCUT2D eigenvalue weighted by molar-refractivity contribution is -0.113. The fourth-order valence-electron chi connectivity index (χ4n) is 3.87. The smallest absolute Gasteiger partial charge is 0.255 e. The van der Waals surface area contributed by atoms with E-state index in [9.17, 15) is 4.79 Å². The molecule has 0 saturated carbocycles. The number of carbonyl (C=O) groups is 1. The monoisotopic (exact) mass is 475 g/mol. The Morgan fingerprint density at radius 1 is 0.970 bits per heavy atom. The van der Waals surface area contributed by atoms with Crippen LogP contribution in [0, 0.1) is 0 Å².